The first-order valence-corrected chi connectivity index (χ1v) is 8.84. The highest BCUT2D eigenvalue weighted by Crippen LogP contribution is 2.24. The van der Waals surface area contributed by atoms with Gasteiger partial charge in [0.2, 0.25) is 0 Å². The number of rotatable bonds is 6. The van der Waals surface area contributed by atoms with Crippen molar-refractivity contribution in [2.45, 2.75) is 13.0 Å². The molecule has 1 aliphatic heterocycles. The number of anilines is 1. The lowest BCUT2D eigenvalue weighted by atomic mass is 10.1. The summed E-state index contributed by atoms with van der Waals surface area (Å²) in [6.07, 6.45) is -0.297. The van der Waals surface area contributed by atoms with Crippen molar-refractivity contribution in [3.63, 3.8) is 0 Å². The van der Waals surface area contributed by atoms with Crippen molar-refractivity contribution in [2.75, 3.05) is 25.6 Å². The fourth-order valence-electron chi connectivity index (χ4n) is 2.90. The van der Waals surface area contributed by atoms with Crippen molar-refractivity contribution in [3.8, 4) is 0 Å². The summed E-state index contributed by atoms with van der Waals surface area (Å²) in [4.78, 5) is 26.1. The maximum absolute atomic E-state index is 13.1. The van der Waals surface area contributed by atoms with Crippen molar-refractivity contribution < 1.29 is 23.5 Å². The first-order chi connectivity index (χ1) is 13.6. The molecule has 1 saturated heterocycles. The van der Waals surface area contributed by atoms with E-state index in [0.29, 0.717) is 23.4 Å². The van der Waals surface area contributed by atoms with E-state index >= 15 is 0 Å². The number of likely N-dealkylation sites (tertiary alicyclic amines) is 1. The Morgan fingerprint density at radius 2 is 1.86 bits per heavy atom. The van der Waals surface area contributed by atoms with E-state index in [-0.39, 0.29) is 25.6 Å². The molecule has 1 aliphatic rings. The molecule has 28 heavy (non-hydrogen) atoms. The minimum absolute atomic E-state index is 0.0985. The molecule has 2 amide bonds. The predicted molar refractivity (Wildman–Crippen MR) is 102 cm³/mol. The lowest BCUT2D eigenvalue weighted by molar-refractivity contribution is -0.123. The highest BCUT2D eigenvalue weighted by atomic mass is 19.1. The van der Waals surface area contributed by atoms with Crippen LogP contribution in [0.2, 0.25) is 0 Å². The van der Waals surface area contributed by atoms with Gasteiger partial charge in [0.15, 0.2) is 0 Å². The third-order valence-corrected chi connectivity index (χ3v) is 4.31. The predicted octanol–water partition coefficient (Wildman–Crippen LogP) is 3.71. The smallest absolute Gasteiger partial charge is 0.417 e. The van der Waals surface area contributed by atoms with E-state index in [4.69, 9.17) is 9.47 Å². The number of benzene rings is 2. The number of ether oxygens (including phenoxy) is 2. The number of carbonyl (C=O) groups is 2. The summed E-state index contributed by atoms with van der Waals surface area (Å²) in [5.74, 6) is -0.768. The zero-order chi connectivity index (χ0) is 19.9. The minimum Gasteiger partial charge on any atom is -0.444 e. The van der Waals surface area contributed by atoms with Crippen molar-refractivity contribution in [1.29, 1.82) is 0 Å². The van der Waals surface area contributed by atoms with Crippen LogP contribution in [0.1, 0.15) is 12.0 Å². The normalized spacial score (nSPS) is 15.5. The zero-order valence-corrected chi connectivity index (χ0v) is 15.5. The Labute approximate surface area is 162 Å². The van der Waals surface area contributed by atoms with Gasteiger partial charge in [0.25, 0.3) is 5.91 Å². The van der Waals surface area contributed by atoms with E-state index in [9.17, 15) is 14.0 Å². The van der Waals surface area contributed by atoms with Gasteiger partial charge in [-0.1, -0.05) is 30.3 Å². The van der Waals surface area contributed by atoms with E-state index < -0.39 is 12.0 Å². The van der Waals surface area contributed by atoms with Crippen molar-refractivity contribution in [2.24, 2.45) is 0 Å². The molecule has 0 spiro atoms. The molecule has 3 rings (SSSR count). The van der Waals surface area contributed by atoms with E-state index in [2.05, 4.69) is 5.32 Å². The van der Waals surface area contributed by atoms with Gasteiger partial charge in [-0.15, -0.1) is 0 Å². The summed E-state index contributed by atoms with van der Waals surface area (Å²) in [7, 11) is 1.51. The topological polar surface area (TPSA) is 67.9 Å². The third kappa shape index (κ3) is 4.75. The fraction of sp³-hybridized carbons (Fsp3) is 0.238. The molecule has 0 bridgehead atoms. The largest absolute Gasteiger partial charge is 0.444 e. The van der Waals surface area contributed by atoms with Crippen molar-refractivity contribution >= 4 is 17.7 Å². The number of hydrogen-bond donors (Lipinski definition) is 1. The SMILES string of the molecule is COCC(Nc1ccc(F)cc1)=C1CCN(C(=O)OCc2ccccc2)C1=O. The molecule has 1 fully saturated rings. The molecular formula is C21H21FN2O4. The Morgan fingerprint density at radius 1 is 1.14 bits per heavy atom. The quantitative estimate of drug-likeness (QED) is 0.769. The van der Waals surface area contributed by atoms with Gasteiger partial charge < -0.3 is 14.8 Å². The molecule has 0 atom stereocenters. The van der Waals surface area contributed by atoms with Crippen LogP contribution in [0.25, 0.3) is 0 Å². The van der Waals surface area contributed by atoms with E-state index in [1.807, 2.05) is 30.3 Å². The average Bonchev–Trinajstić information content (AvgIpc) is 3.09. The second kappa shape index (κ2) is 9.14. The van der Waals surface area contributed by atoms with Gasteiger partial charge in [-0.2, -0.15) is 0 Å². The number of amides is 2. The zero-order valence-electron chi connectivity index (χ0n) is 15.5. The number of nitrogens with one attached hydrogen (secondary N) is 1. The van der Waals surface area contributed by atoms with Gasteiger partial charge in [-0.05, 0) is 36.2 Å². The van der Waals surface area contributed by atoms with Crippen LogP contribution in [0.5, 0.6) is 0 Å². The number of halogens is 1. The first kappa shape index (κ1) is 19.6. The first-order valence-electron chi connectivity index (χ1n) is 8.84. The van der Waals surface area contributed by atoms with Crippen LogP contribution in [0.4, 0.5) is 14.9 Å². The highest BCUT2D eigenvalue weighted by Gasteiger charge is 2.34. The van der Waals surface area contributed by atoms with Gasteiger partial charge in [-0.25, -0.2) is 14.1 Å². The van der Waals surface area contributed by atoms with Crippen LogP contribution in [-0.2, 0) is 20.9 Å². The molecule has 0 unspecified atom stereocenters. The van der Waals surface area contributed by atoms with Crippen LogP contribution in [0.15, 0.2) is 65.9 Å². The molecule has 6 nitrogen and oxygen atoms in total. The lowest BCUT2D eigenvalue weighted by Crippen LogP contribution is -2.33. The van der Waals surface area contributed by atoms with Crippen molar-refractivity contribution in [1.82, 2.24) is 4.90 Å². The monoisotopic (exact) mass is 384 g/mol. The maximum atomic E-state index is 13.1. The number of methoxy groups -OCH3 is 1. The summed E-state index contributed by atoms with van der Waals surface area (Å²) in [6, 6.07) is 15.0. The number of nitrogens with zero attached hydrogens (tertiary/aromatic N) is 1. The summed E-state index contributed by atoms with van der Waals surface area (Å²) in [5, 5.41) is 3.09. The minimum atomic E-state index is -0.678. The molecule has 0 aliphatic carbocycles. The molecule has 1 N–H and O–H groups in total. The van der Waals surface area contributed by atoms with Gasteiger partial charge in [-0.3, -0.25) is 4.79 Å². The molecule has 146 valence electrons. The van der Waals surface area contributed by atoms with E-state index in [1.165, 1.54) is 19.2 Å². The summed E-state index contributed by atoms with van der Waals surface area (Å²) in [6.45, 7) is 0.493. The highest BCUT2D eigenvalue weighted by molar-refractivity contribution is 6.05. The number of hydrogen-bond acceptors (Lipinski definition) is 5. The van der Waals surface area contributed by atoms with Gasteiger partial charge in [0.05, 0.1) is 12.3 Å². The van der Waals surface area contributed by atoms with Crippen LogP contribution in [-0.4, -0.2) is 37.2 Å². The Morgan fingerprint density at radius 3 is 2.54 bits per heavy atom. The maximum Gasteiger partial charge on any atom is 0.417 e. The van der Waals surface area contributed by atoms with Gasteiger partial charge in [0, 0.05) is 24.9 Å². The van der Waals surface area contributed by atoms with Gasteiger partial charge >= 0.3 is 6.09 Å². The summed E-state index contributed by atoms with van der Waals surface area (Å²) < 4.78 is 23.5. The Bertz CT molecular complexity index is 866. The van der Waals surface area contributed by atoms with E-state index in [1.54, 1.807) is 12.1 Å². The van der Waals surface area contributed by atoms with Crippen LogP contribution in [0.3, 0.4) is 0 Å². The summed E-state index contributed by atoms with van der Waals surface area (Å²) in [5.41, 5.74) is 2.45. The molecule has 7 heteroatoms. The van der Waals surface area contributed by atoms with Gasteiger partial charge in [0.1, 0.15) is 12.4 Å². The standard InChI is InChI=1S/C21H21FN2O4/c1-27-14-19(23-17-9-7-16(22)8-10-17)18-11-12-24(20(18)25)21(26)28-13-15-5-3-2-4-6-15/h2-10,23H,11-14H2,1H3. The number of carbonyl (C=O) groups excluding carboxylic acids is 2. The molecule has 0 saturated carbocycles. The number of imide groups is 1. The van der Waals surface area contributed by atoms with Crippen LogP contribution in [0, 0.1) is 5.82 Å². The molecule has 0 aromatic heterocycles. The average molecular weight is 384 g/mol. The second-order valence-corrected chi connectivity index (χ2v) is 6.27. The Kier molecular flexibility index (Phi) is 6.39. The third-order valence-electron chi connectivity index (χ3n) is 4.31. The lowest BCUT2D eigenvalue weighted by Gasteiger charge is -2.15. The molecule has 2 aromatic rings. The van der Waals surface area contributed by atoms with Crippen LogP contribution >= 0.6 is 0 Å². The summed E-state index contributed by atoms with van der Waals surface area (Å²) >= 11 is 0. The molecule has 2 aromatic carbocycles. The Hall–Kier alpha value is -3.19. The van der Waals surface area contributed by atoms with Crippen LogP contribution < -0.4 is 5.32 Å². The second-order valence-electron chi connectivity index (χ2n) is 6.27. The fourth-order valence-corrected chi connectivity index (χ4v) is 2.90. The molecule has 1 heterocycles. The van der Waals surface area contributed by atoms with Crippen molar-refractivity contribution in [3.05, 3.63) is 77.2 Å². The molecular weight excluding hydrogens is 363 g/mol. The van der Waals surface area contributed by atoms with E-state index in [0.717, 1.165) is 10.5 Å². The Balaban J connectivity index is 1.69. The molecule has 0 radical (unpaired) electrons.